The molecule has 1 aliphatic rings. The van der Waals surface area contributed by atoms with Crippen LogP contribution in [0.15, 0.2) is 47.3 Å². The number of nitrogens with zero attached hydrogens (tertiary/aromatic N) is 1. The molecule has 1 atom stereocenters. The lowest BCUT2D eigenvalue weighted by molar-refractivity contribution is 0.0858. The Morgan fingerprint density at radius 3 is 2.80 bits per heavy atom. The number of aromatic nitrogens is 2. The van der Waals surface area contributed by atoms with E-state index in [1.165, 1.54) is 4.57 Å². The Bertz CT molecular complexity index is 1180. The first-order valence-corrected chi connectivity index (χ1v) is 10.3. The second kappa shape index (κ2) is 8.81. The molecule has 2 N–H and O–H groups in total. The summed E-state index contributed by atoms with van der Waals surface area (Å²) in [6.07, 6.45) is 2.06. The van der Waals surface area contributed by atoms with Gasteiger partial charge >= 0.3 is 0 Å². The number of nitrogens with one attached hydrogen (secondary N) is 2. The van der Waals surface area contributed by atoms with Gasteiger partial charge in [0.2, 0.25) is 0 Å². The van der Waals surface area contributed by atoms with Gasteiger partial charge in [0.15, 0.2) is 4.77 Å². The van der Waals surface area contributed by atoms with Gasteiger partial charge in [0.05, 0.1) is 30.7 Å². The van der Waals surface area contributed by atoms with Crippen LogP contribution in [0.1, 0.15) is 28.8 Å². The molecule has 2 aromatic carbocycles. The summed E-state index contributed by atoms with van der Waals surface area (Å²) in [6.45, 7) is 1.57. The van der Waals surface area contributed by atoms with E-state index in [9.17, 15) is 9.59 Å². The molecule has 0 spiro atoms. The van der Waals surface area contributed by atoms with E-state index < -0.39 is 0 Å². The molecule has 4 rings (SSSR count). The topological polar surface area (TPSA) is 85.3 Å². The summed E-state index contributed by atoms with van der Waals surface area (Å²) in [5.41, 5.74) is 1.75. The van der Waals surface area contributed by atoms with Crippen molar-refractivity contribution in [2.24, 2.45) is 0 Å². The predicted octanol–water partition coefficient (Wildman–Crippen LogP) is 3.02. The molecule has 1 fully saturated rings. The van der Waals surface area contributed by atoms with Crippen molar-refractivity contribution in [1.29, 1.82) is 0 Å². The largest absolute Gasteiger partial charge is 0.497 e. The highest BCUT2D eigenvalue weighted by atomic mass is 32.1. The Hall–Kier alpha value is -2.97. The van der Waals surface area contributed by atoms with Gasteiger partial charge in [-0.15, -0.1) is 0 Å². The molecule has 1 amide bonds. The maximum Gasteiger partial charge on any atom is 0.262 e. The van der Waals surface area contributed by atoms with Crippen LogP contribution in [0.4, 0.5) is 0 Å². The highest BCUT2D eigenvalue weighted by Gasteiger charge is 2.17. The SMILES string of the molecule is COc1ccc(Cn2c(=S)[nH]c3cc(C(=O)NC[C@H]4CCCO4)ccc3c2=O)cc1. The van der Waals surface area contributed by atoms with Crippen LogP contribution in [-0.2, 0) is 11.3 Å². The number of amides is 1. The molecule has 156 valence electrons. The highest BCUT2D eigenvalue weighted by Crippen LogP contribution is 2.15. The van der Waals surface area contributed by atoms with E-state index in [2.05, 4.69) is 10.3 Å². The first-order chi connectivity index (χ1) is 14.5. The summed E-state index contributed by atoms with van der Waals surface area (Å²) in [4.78, 5) is 28.6. The lowest BCUT2D eigenvalue weighted by Crippen LogP contribution is -2.31. The van der Waals surface area contributed by atoms with E-state index in [1.54, 1.807) is 25.3 Å². The fraction of sp³-hybridized carbons (Fsp3) is 0.318. The van der Waals surface area contributed by atoms with Crippen molar-refractivity contribution in [2.45, 2.75) is 25.5 Å². The van der Waals surface area contributed by atoms with Gasteiger partial charge in [-0.1, -0.05) is 12.1 Å². The van der Waals surface area contributed by atoms with Crippen molar-refractivity contribution >= 4 is 29.0 Å². The monoisotopic (exact) mass is 425 g/mol. The normalized spacial score (nSPS) is 16.0. The quantitative estimate of drug-likeness (QED) is 0.593. The maximum atomic E-state index is 13.0. The average molecular weight is 426 g/mol. The summed E-state index contributed by atoms with van der Waals surface area (Å²) < 4.78 is 12.5. The van der Waals surface area contributed by atoms with Gasteiger partial charge in [-0.25, -0.2) is 0 Å². The van der Waals surface area contributed by atoms with Crippen molar-refractivity contribution in [2.75, 3.05) is 20.3 Å². The number of aromatic amines is 1. The molecule has 0 unspecified atom stereocenters. The molecule has 8 heteroatoms. The minimum absolute atomic E-state index is 0.0744. The maximum absolute atomic E-state index is 13.0. The van der Waals surface area contributed by atoms with E-state index >= 15 is 0 Å². The highest BCUT2D eigenvalue weighted by molar-refractivity contribution is 7.71. The van der Waals surface area contributed by atoms with E-state index in [0.29, 0.717) is 34.3 Å². The van der Waals surface area contributed by atoms with Crippen LogP contribution in [0.5, 0.6) is 5.75 Å². The van der Waals surface area contributed by atoms with Crippen LogP contribution >= 0.6 is 12.2 Å². The summed E-state index contributed by atoms with van der Waals surface area (Å²) in [5.74, 6) is 0.550. The van der Waals surface area contributed by atoms with Crippen molar-refractivity contribution in [3.8, 4) is 5.75 Å². The number of H-pyrrole nitrogens is 1. The third-order valence-corrected chi connectivity index (χ3v) is 5.58. The molecule has 3 aromatic rings. The minimum atomic E-state index is -0.200. The van der Waals surface area contributed by atoms with Crippen LogP contribution in [-0.4, -0.2) is 41.8 Å². The number of methoxy groups -OCH3 is 1. The van der Waals surface area contributed by atoms with Gasteiger partial charge in [-0.3, -0.25) is 14.2 Å². The zero-order chi connectivity index (χ0) is 21.1. The Morgan fingerprint density at radius 2 is 2.10 bits per heavy atom. The third-order valence-electron chi connectivity index (χ3n) is 5.26. The van der Waals surface area contributed by atoms with Crippen LogP contribution < -0.4 is 15.6 Å². The van der Waals surface area contributed by atoms with E-state index in [4.69, 9.17) is 21.7 Å². The smallest absolute Gasteiger partial charge is 0.262 e. The standard InChI is InChI=1S/C22H23N3O4S/c1-28-16-7-4-14(5-8-16)13-25-21(27)18-9-6-15(11-19(18)24-22(25)30)20(26)23-12-17-3-2-10-29-17/h4-9,11,17H,2-3,10,12-13H2,1H3,(H,23,26)(H,24,30)/t17-/m1/s1. The molecule has 0 aliphatic carbocycles. The molecule has 1 saturated heterocycles. The van der Waals surface area contributed by atoms with Gasteiger partial charge in [0.1, 0.15) is 5.75 Å². The van der Waals surface area contributed by atoms with Gasteiger partial charge in [0, 0.05) is 18.7 Å². The Labute approximate surface area is 178 Å². The molecular formula is C22H23N3O4S. The first-order valence-electron chi connectivity index (χ1n) is 9.85. The Balaban J connectivity index is 1.57. The fourth-order valence-corrected chi connectivity index (χ4v) is 3.82. The molecule has 0 bridgehead atoms. The van der Waals surface area contributed by atoms with E-state index in [0.717, 1.165) is 30.8 Å². The predicted molar refractivity (Wildman–Crippen MR) is 117 cm³/mol. The van der Waals surface area contributed by atoms with E-state index in [1.807, 2.05) is 24.3 Å². The number of carbonyl (C=O) groups is 1. The number of fused-ring (bicyclic) bond motifs is 1. The number of carbonyl (C=O) groups excluding carboxylic acids is 1. The first kappa shape index (κ1) is 20.3. The molecule has 1 aliphatic heterocycles. The molecular weight excluding hydrogens is 402 g/mol. The van der Waals surface area contributed by atoms with Crippen LogP contribution in [0.3, 0.4) is 0 Å². The van der Waals surface area contributed by atoms with Crippen LogP contribution in [0.2, 0.25) is 0 Å². The average Bonchev–Trinajstić information content (AvgIpc) is 3.28. The van der Waals surface area contributed by atoms with Crippen molar-refractivity contribution in [3.63, 3.8) is 0 Å². The lowest BCUT2D eigenvalue weighted by atomic mass is 10.1. The molecule has 1 aromatic heterocycles. The van der Waals surface area contributed by atoms with Crippen molar-refractivity contribution in [1.82, 2.24) is 14.9 Å². The Kier molecular flexibility index (Phi) is 5.96. The van der Waals surface area contributed by atoms with Gasteiger partial charge < -0.3 is 19.8 Å². The summed E-state index contributed by atoms with van der Waals surface area (Å²) in [6, 6.07) is 12.5. The van der Waals surface area contributed by atoms with Crippen molar-refractivity contribution < 1.29 is 14.3 Å². The lowest BCUT2D eigenvalue weighted by Gasteiger charge is -2.12. The Morgan fingerprint density at radius 1 is 1.30 bits per heavy atom. The molecule has 0 radical (unpaired) electrons. The second-order valence-corrected chi connectivity index (χ2v) is 7.66. The molecule has 0 saturated carbocycles. The molecule has 30 heavy (non-hydrogen) atoms. The van der Waals surface area contributed by atoms with Gasteiger partial charge in [-0.2, -0.15) is 0 Å². The second-order valence-electron chi connectivity index (χ2n) is 7.27. The molecule has 7 nitrogen and oxygen atoms in total. The van der Waals surface area contributed by atoms with Crippen LogP contribution in [0, 0.1) is 4.77 Å². The zero-order valence-electron chi connectivity index (χ0n) is 16.6. The summed E-state index contributed by atoms with van der Waals surface area (Å²) >= 11 is 5.41. The number of hydrogen-bond acceptors (Lipinski definition) is 5. The summed E-state index contributed by atoms with van der Waals surface area (Å²) in [7, 11) is 1.61. The fourth-order valence-electron chi connectivity index (χ4n) is 3.57. The summed E-state index contributed by atoms with van der Waals surface area (Å²) in [5, 5.41) is 3.37. The van der Waals surface area contributed by atoms with E-state index in [-0.39, 0.29) is 17.6 Å². The number of benzene rings is 2. The number of rotatable bonds is 6. The van der Waals surface area contributed by atoms with Crippen molar-refractivity contribution in [3.05, 3.63) is 68.7 Å². The van der Waals surface area contributed by atoms with Gasteiger partial charge in [-0.05, 0) is 61.0 Å². The van der Waals surface area contributed by atoms with Crippen LogP contribution in [0.25, 0.3) is 10.9 Å². The number of ether oxygens (including phenoxy) is 2. The zero-order valence-corrected chi connectivity index (χ0v) is 17.5. The minimum Gasteiger partial charge on any atom is -0.497 e. The number of hydrogen-bond donors (Lipinski definition) is 2. The third kappa shape index (κ3) is 4.29. The van der Waals surface area contributed by atoms with Gasteiger partial charge in [0.25, 0.3) is 11.5 Å². The molecule has 2 heterocycles.